The zero-order valence-electron chi connectivity index (χ0n) is 13.2. The van der Waals surface area contributed by atoms with E-state index in [-0.39, 0.29) is 28.6 Å². The molecule has 0 saturated carbocycles. The molecular weight excluding hydrogens is 361 g/mol. The van der Waals surface area contributed by atoms with E-state index >= 15 is 0 Å². The van der Waals surface area contributed by atoms with Crippen LogP contribution in [0.2, 0.25) is 0 Å². The average Bonchev–Trinajstić information content (AvgIpc) is 3.10. The Bertz CT molecular complexity index is 851. The van der Waals surface area contributed by atoms with E-state index in [0.717, 1.165) is 22.3 Å². The highest BCUT2D eigenvalue weighted by molar-refractivity contribution is 7.99. The van der Waals surface area contributed by atoms with Gasteiger partial charge in [0.15, 0.2) is 0 Å². The van der Waals surface area contributed by atoms with Crippen molar-refractivity contribution in [2.75, 3.05) is 17.3 Å². The Morgan fingerprint density at radius 3 is 2.52 bits per heavy atom. The van der Waals surface area contributed by atoms with Gasteiger partial charge in [0.25, 0.3) is 5.22 Å². The fraction of sp³-hybridized carbons (Fsp3) is 0.118. The van der Waals surface area contributed by atoms with Crippen LogP contribution in [0.3, 0.4) is 0 Å². The third-order valence-electron chi connectivity index (χ3n) is 3.20. The first-order chi connectivity index (χ1) is 12.1. The smallest absolute Gasteiger partial charge is 0.277 e. The number of nitrogens with zero attached hydrogens (tertiary/aromatic N) is 2. The predicted molar refractivity (Wildman–Crippen MR) is 97.3 cm³/mol. The topological polar surface area (TPSA) is 68.0 Å². The SMILES string of the molecule is CSc1ccc(NC(=O)CSc2nnc(-c3ccc(F)cc3)o2)cc1. The van der Waals surface area contributed by atoms with Crippen molar-refractivity contribution in [1.29, 1.82) is 0 Å². The lowest BCUT2D eigenvalue weighted by atomic mass is 10.2. The van der Waals surface area contributed by atoms with Gasteiger partial charge in [0.05, 0.1) is 5.75 Å². The summed E-state index contributed by atoms with van der Waals surface area (Å²) < 4.78 is 18.4. The second kappa shape index (κ2) is 8.17. The lowest BCUT2D eigenvalue weighted by Crippen LogP contribution is -2.13. The number of benzene rings is 2. The lowest BCUT2D eigenvalue weighted by Gasteiger charge is -2.04. The molecule has 0 fully saturated rings. The number of amides is 1. The van der Waals surface area contributed by atoms with Gasteiger partial charge in [-0.25, -0.2) is 4.39 Å². The summed E-state index contributed by atoms with van der Waals surface area (Å²) in [4.78, 5) is 13.1. The van der Waals surface area contributed by atoms with Crippen LogP contribution in [0.4, 0.5) is 10.1 Å². The number of halogens is 1. The van der Waals surface area contributed by atoms with Crippen molar-refractivity contribution in [3.8, 4) is 11.5 Å². The van der Waals surface area contributed by atoms with Crippen LogP contribution in [-0.4, -0.2) is 28.1 Å². The van der Waals surface area contributed by atoms with Crippen LogP contribution >= 0.6 is 23.5 Å². The van der Waals surface area contributed by atoms with Gasteiger partial charge in [-0.1, -0.05) is 11.8 Å². The van der Waals surface area contributed by atoms with E-state index in [1.165, 1.54) is 12.1 Å². The molecule has 0 radical (unpaired) electrons. The summed E-state index contributed by atoms with van der Waals surface area (Å²) in [5.74, 6) is -0.0610. The highest BCUT2D eigenvalue weighted by Crippen LogP contribution is 2.23. The van der Waals surface area contributed by atoms with Crippen molar-refractivity contribution in [2.24, 2.45) is 0 Å². The molecule has 1 aromatic heterocycles. The fourth-order valence-corrected chi connectivity index (χ4v) is 2.95. The molecule has 0 saturated heterocycles. The maximum atomic E-state index is 12.9. The zero-order chi connectivity index (χ0) is 17.6. The largest absolute Gasteiger partial charge is 0.411 e. The van der Waals surface area contributed by atoms with Gasteiger partial charge in [0, 0.05) is 16.1 Å². The molecule has 3 rings (SSSR count). The Morgan fingerprint density at radius 2 is 1.84 bits per heavy atom. The Labute approximate surface area is 152 Å². The number of hydrogen-bond acceptors (Lipinski definition) is 6. The van der Waals surface area contributed by atoms with Crippen molar-refractivity contribution >= 4 is 35.1 Å². The molecule has 0 aliphatic carbocycles. The minimum atomic E-state index is -0.333. The second-order valence-corrected chi connectivity index (χ2v) is 6.75. The van der Waals surface area contributed by atoms with E-state index in [1.54, 1.807) is 23.9 Å². The van der Waals surface area contributed by atoms with E-state index < -0.39 is 0 Å². The third kappa shape index (κ3) is 4.83. The number of aromatic nitrogens is 2. The molecule has 0 unspecified atom stereocenters. The summed E-state index contributed by atoms with van der Waals surface area (Å²) in [7, 11) is 0. The van der Waals surface area contributed by atoms with Gasteiger partial charge >= 0.3 is 0 Å². The summed E-state index contributed by atoms with van der Waals surface area (Å²) in [6.45, 7) is 0. The van der Waals surface area contributed by atoms with Crippen LogP contribution in [-0.2, 0) is 4.79 Å². The summed E-state index contributed by atoms with van der Waals surface area (Å²) in [5.41, 5.74) is 1.36. The van der Waals surface area contributed by atoms with Crippen LogP contribution in [0, 0.1) is 5.82 Å². The Kier molecular flexibility index (Phi) is 5.72. The molecule has 128 valence electrons. The van der Waals surface area contributed by atoms with Gasteiger partial charge < -0.3 is 9.73 Å². The first-order valence-corrected chi connectivity index (χ1v) is 9.51. The number of thioether (sulfide) groups is 2. The van der Waals surface area contributed by atoms with E-state index in [1.807, 2.05) is 30.5 Å². The van der Waals surface area contributed by atoms with Crippen LogP contribution in [0.1, 0.15) is 0 Å². The van der Waals surface area contributed by atoms with Crippen molar-refractivity contribution in [3.05, 3.63) is 54.3 Å². The van der Waals surface area contributed by atoms with E-state index in [9.17, 15) is 9.18 Å². The lowest BCUT2D eigenvalue weighted by molar-refractivity contribution is -0.113. The van der Waals surface area contributed by atoms with E-state index in [2.05, 4.69) is 15.5 Å². The molecule has 1 N–H and O–H groups in total. The van der Waals surface area contributed by atoms with Crippen LogP contribution in [0.25, 0.3) is 11.5 Å². The molecule has 0 aliphatic rings. The number of nitrogens with one attached hydrogen (secondary N) is 1. The van der Waals surface area contributed by atoms with Crippen LogP contribution in [0.5, 0.6) is 0 Å². The van der Waals surface area contributed by atoms with Gasteiger partial charge in [-0.2, -0.15) is 0 Å². The second-order valence-electron chi connectivity index (χ2n) is 4.95. The quantitative estimate of drug-likeness (QED) is 0.647. The molecule has 0 bridgehead atoms. The molecule has 1 heterocycles. The zero-order valence-corrected chi connectivity index (χ0v) is 14.9. The van der Waals surface area contributed by atoms with Gasteiger partial charge in [0.1, 0.15) is 5.82 Å². The molecule has 0 aliphatic heterocycles. The molecule has 8 heteroatoms. The minimum absolute atomic E-state index is 0.148. The first kappa shape index (κ1) is 17.5. The summed E-state index contributed by atoms with van der Waals surface area (Å²) in [6, 6.07) is 13.4. The molecule has 25 heavy (non-hydrogen) atoms. The highest BCUT2D eigenvalue weighted by Gasteiger charge is 2.11. The minimum Gasteiger partial charge on any atom is -0.411 e. The summed E-state index contributed by atoms with van der Waals surface area (Å²) in [6.07, 6.45) is 1.99. The molecule has 0 atom stereocenters. The van der Waals surface area contributed by atoms with E-state index in [4.69, 9.17) is 4.42 Å². The normalized spacial score (nSPS) is 10.6. The monoisotopic (exact) mass is 375 g/mol. The van der Waals surface area contributed by atoms with Crippen molar-refractivity contribution < 1.29 is 13.6 Å². The van der Waals surface area contributed by atoms with Gasteiger partial charge in [-0.3, -0.25) is 4.79 Å². The molecule has 5 nitrogen and oxygen atoms in total. The molecule has 0 spiro atoms. The molecule has 2 aromatic carbocycles. The highest BCUT2D eigenvalue weighted by atomic mass is 32.2. The first-order valence-electron chi connectivity index (χ1n) is 7.30. The van der Waals surface area contributed by atoms with Crippen LogP contribution < -0.4 is 5.32 Å². The fourth-order valence-electron chi connectivity index (χ4n) is 1.98. The maximum Gasteiger partial charge on any atom is 0.277 e. The number of carbonyl (C=O) groups is 1. The summed E-state index contributed by atoms with van der Waals surface area (Å²) >= 11 is 2.78. The Balaban J connectivity index is 1.54. The Morgan fingerprint density at radius 1 is 1.12 bits per heavy atom. The van der Waals surface area contributed by atoms with E-state index in [0.29, 0.717) is 5.56 Å². The van der Waals surface area contributed by atoms with Gasteiger partial charge in [0.2, 0.25) is 11.8 Å². The molecule has 1 amide bonds. The molecular formula is C17H14FN3O2S2. The van der Waals surface area contributed by atoms with Crippen LogP contribution in [0.15, 0.2) is 63.1 Å². The average molecular weight is 375 g/mol. The standard InChI is InChI=1S/C17H14FN3O2S2/c1-24-14-8-6-13(7-9-14)19-15(22)10-25-17-21-20-16(23-17)11-2-4-12(18)5-3-11/h2-9H,10H2,1H3,(H,19,22). The number of carbonyl (C=O) groups excluding carboxylic acids is 1. The van der Waals surface area contributed by atoms with Crippen molar-refractivity contribution in [3.63, 3.8) is 0 Å². The van der Waals surface area contributed by atoms with Gasteiger partial charge in [-0.15, -0.1) is 22.0 Å². The molecule has 3 aromatic rings. The number of rotatable bonds is 6. The van der Waals surface area contributed by atoms with Crippen molar-refractivity contribution in [2.45, 2.75) is 10.1 Å². The van der Waals surface area contributed by atoms with Gasteiger partial charge in [-0.05, 0) is 54.8 Å². The van der Waals surface area contributed by atoms with Crippen molar-refractivity contribution in [1.82, 2.24) is 10.2 Å². The Hall–Kier alpha value is -2.32. The maximum absolute atomic E-state index is 12.9. The summed E-state index contributed by atoms with van der Waals surface area (Å²) in [5, 5.41) is 10.9. The third-order valence-corrected chi connectivity index (χ3v) is 4.76. The number of anilines is 1. The predicted octanol–water partition coefficient (Wildman–Crippen LogP) is 4.33. The number of hydrogen-bond donors (Lipinski definition) is 1.